The first-order chi connectivity index (χ1) is 7.46. The van der Waals surface area contributed by atoms with E-state index in [2.05, 4.69) is 41.0 Å². The second-order valence-corrected chi connectivity index (χ2v) is 4.10. The Morgan fingerprint density at radius 2 is 1.94 bits per heavy atom. The van der Waals surface area contributed by atoms with Crippen LogP contribution in [-0.2, 0) is 0 Å². The highest BCUT2D eigenvalue weighted by atomic mass is 16.5. The summed E-state index contributed by atoms with van der Waals surface area (Å²) >= 11 is 0. The normalized spacial score (nSPS) is 11.2. The van der Waals surface area contributed by atoms with E-state index in [-0.39, 0.29) is 17.5 Å². The smallest absolute Gasteiger partial charge is 0.323 e. The Hall–Kier alpha value is -1.59. The zero-order valence-electron chi connectivity index (χ0n) is 10.2. The van der Waals surface area contributed by atoms with E-state index in [1.807, 2.05) is 6.92 Å². The molecular weight excluding hydrogens is 206 g/mol. The minimum Gasteiger partial charge on any atom is -0.464 e. The first kappa shape index (κ1) is 12.5. The number of nitrogens with one attached hydrogen (secondary N) is 1. The van der Waals surface area contributed by atoms with Gasteiger partial charge in [0.1, 0.15) is 0 Å². The van der Waals surface area contributed by atoms with Crippen molar-refractivity contribution < 1.29 is 4.74 Å². The van der Waals surface area contributed by atoms with Crippen molar-refractivity contribution in [3.8, 4) is 6.01 Å². The number of rotatable bonds is 5. The van der Waals surface area contributed by atoms with Gasteiger partial charge in [-0.2, -0.15) is 15.0 Å². The molecule has 1 heterocycles. The SMILES string of the molecule is CCOc1nc(N)nc(NC(C)(C)CC)n1. The average Bonchev–Trinajstić information content (AvgIpc) is 2.16. The molecule has 1 aromatic heterocycles. The van der Waals surface area contributed by atoms with Crippen LogP contribution in [0, 0.1) is 0 Å². The van der Waals surface area contributed by atoms with Crippen molar-refractivity contribution in [3.05, 3.63) is 0 Å². The third-order valence-electron chi connectivity index (χ3n) is 2.24. The summed E-state index contributed by atoms with van der Waals surface area (Å²) in [4.78, 5) is 12.0. The first-order valence-electron chi connectivity index (χ1n) is 5.39. The summed E-state index contributed by atoms with van der Waals surface area (Å²) in [7, 11) is 0. The molecule has 0 radical (unpaired) electrons. The van der Waals surface area contributed by atoms with Crippen LogP contribution in [0.15, 0.2) is 0 Å². The van der Waals surface area contributed by atoms with Crippen LogP contribution in [0.5, 0.6) is 6.01 Å². The molecule has 0 saturated carbocycles. The fraction of sp³-hybridized carbons (Fsp3) is 0.700. The summed E-state index contributed by atoms with van der Waals surface area (Å²) in [6.07, 6.45) is 0.947. The number of nitrogens with zero attached hydrogens (tertiary/aromatic N) is 3. The average molecular weight is 225 g/mol. The highest BCUT2D eigenvalue weighted by Gasteiger charge is 2.17. The molecule has 6 heteroatoms. The van der Waals surface area contributed by atoms with Crippen LogP contribution >= 0.6 is 0 Å². The molecule has 1 rings (SSSR count). The summed E-state index contributed by atoms with van der Waals surface area (Å²) in [6.45, 7) is 8.57. The van der Waals surface area contributed by atoms with Gasteiger partial charge in [0.2, 0.25) is 11.9 Å². The van der Waals surface area contributed by atoms with Gasteiger partial charge in [0.25, 0.3) is 0 Å². The molecule has 3 N–H and O–H groups in total. The molecular formula is C10H19N5O. The molecule has 16 heavy (non-hydrogen) atoms. The first-order valence-corrected chi connectivity index (χ1v) is 5.39. The van der Waals surface area contributed by atoms with Gasteiger partial charge in [0.05, 0.1) is 6.61 Å². The zero-order chi connectivity index (χ0) is 12.2. The summed E-state index contributed by atoms with van der Waals surface area (Å²) in [5, 5.41) is 3.19. The van der Waals surface area contributed by atoms with Gasteiger partial charge in [-0.1, -0.05) is 6.92 Å². The maximum absolute atomic E-state index is 5.57. The van der Waals surface area contributed by atoms with E-state index in [4.69, 9.17) is 10.5 Å². The molecule has 0 atom stereocenters. The molecule has 0 saturated heterocycles. The van der Waals surface area contributed by atoms with E-state index in [0.29, 0.717) is 12.6 Å². The van der Waals surface area contributed by atoms with Crippen LogP contribution in [0.1, 0.15) is 34.1 Å². The molecule has 0 fully saturated rings. The number of nitrogens with two attached hydrogens (primary N) is 1. The van der Waals surface area contributed by atoms with Crippen LogP contribution in [0.4, 0.5) is 11.9 Å². The van der Waals surface area contributed by atoms with Crippen molar-refractivity contribution in [1.82, 2.24) is 15.0 Å². The lowest BCUT2D eigenvalue weighted by Crippen LogP contribution is -2.31. The van der Waals surface area contributed by atoms with Gasteiger partial charge in [-0.25, -0.2) is 0 Å². The van der Waals surface area contributed by atoms with E-state index in [1.54, 1.807) is 0 Å². The summed E-state index contributed by atoms with van der Waals surface area (Å²) in [5.41, 5.74) is 5.48. The Kier molecular flexibility index (Phi) is 3.87. The van der Waals surface area contributed by atoms with Crippen LogP contribution < -0.4 is 15.8 Å². The molecule has 0 aliphatic carbocycles. The lowest BCUT2D eigenvalue weighted by molar-refractivity contribution is 0.312. The minimum atomic E-state index is -0.0860. The van der Waals surface area contributed by atoms with Crippen LogP contribution in [0.3, 0.4) is 0 Å². The van der Waals surface area contributed by atoms with Gasteiger partial charge in [0.15, 0.2) is 0 Å². The molecule has 0 amide bonds. The van der Waals surface area contributed by atoms with Crippen molar-refractivity contribution in [2.45, 2.75) is 39.7 Å². The third kappa shape index (κ3) is 3.52. The molecule has 1 aromatic rings. The van der Waals surface area contributed by atoms with Crippen LogP contribution in [0.25, 0.3) is 0 Å². The van der Waals surface area contributed by atoms with E-state index < -0.39 is 0 Å². The number of hydrogen-bond acceptors (Lipinski definition) is 6. The quantitative estimate of drug-likeness (QED) is 0.788. The molecule has 90 valence electrons. The Labute approximate surface area is 95.6 Å². The highest BCUT2D eigenvalue weighted by molar-refractivity contribution is 5.34. The Morgan fingerprint density at radius 1 is 1.25 bits per heavy atom. The number of nitrogen functional groups attached to an aromatic ring is 1. The topological polar surface area (TPSA) is 86.0 Å². The van der Waals surface area contributed by atoms with Crippen LogP contribution in [0.2, 0.25) is 0 Å². The van der Waals surface area contributed by atoms with Gasteiger partial charge in [0, 0.05) is 5.54 Å². The van der Waals surface area contributed by atoms with Crippen molar-refractivity contribution in [3.63, 3.8) is 0 Å². The zero-order valence-corrected chi connectivity index (χ0v) is 10.2. The van der Waals surface area contributed by atoms with Gasteiger partial charge in [-0.15, -0.1) is 0 Å². The maximum atomic E-state index is 5.57. The van der Waals surface area contributed by atoms with Crippen LogP contribution in [-0.4, -0.2) is 27.1 Å². The van der Waals surface area contributed by atoms with E-state index >= 15 is 0 Å². The molecule has 0 aliphatic rings. The molecule has 0 unspecified atom stereocenters. The second kappa shape index (κ2) is 4.96. The largest absolute Gasteiger partial charge is 0.464 e. The van der Waals surface area contributed by atoms with Gasteiger partial charge in [-0.3, -0.25) is 0 Å². The fourth-order valence-corrected chi connectivity index (χ4v) is 1.01. The van der Waals surface area contributed by atoms with Gasteiger partial charge < -0.3 is 15.8 Å². The van der Waals surface area contributed by atoms with Crippen molar-refractivity contribution >= 4 is 11.9 Å². The minimum absolute atomic E-state index is 0.0860. The lowest BCUT2D eigenvalue weighted by atomic mass is 10.0. The second-order valence-electron chi connectivity index (χ2n) is 4.10. The Balaban J connectivity index is 2.87. The summed E-state index contributed by atoms with van der Waals surface area (Å²) in [5.74, 6) is 0.607. The monoisotopic (exact) mass is 225 g/mol. The molecule has 0 spiro atoms. The molecule has 6 nitrogen and oxygen atoms in total. The predicted octanol–water partition coefficient (Wildman–Crippen LogP) is 1.45. The van der Waals surface area contributed by atoms with Gasteiger partial charge >= 0.3 is 6.01 Å². The molecule has 0 aliphatic heterocycles. The number of hydrogen-bond donors (Lipinski definition) is 2. The standard InChI is InChI=1S/C10H19N5O/c1-5-10(3,4)15-8-12-7(11)13-9(14-8)16-6-2/h5-6H2,1-4H3,(H3,11,12,13,14,15). The van der Waals surface area contributed by atoms with Crippen molar-refractivity contribution in [2.24, 2.45) is 0 Å². The Morgan fingerprint density at radius 3 is 2.50 bits per heavy atom. The Bertz CT molecular complexity index is 353. The molecule has 0 aromatic carbocycles. The van der Waals surface area contributed by atoms with Crippen molar-refractivity contribution in [2.75, 3.05) is 17.7 Å². The highest BCUT2D eigenvalue weighted by Crippen LogP contribution is 2.16. The van der Waals surface area contributed by atoms with E-state index in [9.17, 15) is 0 Å². The van der Waals surface area contributed by atoms with Crippen molar-refractivity contribution in [1.29, 1.82) is 0 Å². The number of aromatic nitrogens is 3. The molecule has 0 bridgehead atoms. The number of anilines is 2. The van der Waals surface area contributed by atoms with E-state index in [1.165, 1.54) is 0 Å². The lowest BCUT2D eigenvalue weighted by Gasteiger charge is -2.24. The fourth-order valence-electron chi connectivity index (χ4n) is 1.01. The van der Waals surface area contributed by atoms with E-state index in [0.717, 1.165) is 6.42 Å². The predicted molar refractivity (Wildman–Crippen MR) is 63.4 cm³/mol. The maximum Gasteiger partial charge on any atom is 0.323 e. The number of ether oxygens (including phenoxy) is 1. The summed E-state index contributed by atoms with van der Waals surface area (Å²) < 4.78 is 5.19. The van der Waals surface area contributed by atoms with Gasteiger partial charge in [-0.05, 0) is 27.2 Å². The summed E-state index contributed by atoms with van der Waals surface area (Å²) in [6, 6.07) is 0.254. The third-order valence-corrected chi connectivity index (χ3v) is 2.24.